The molecule has 0 fully saturated rings. The van der Waals surface area contributed by atoms with Gasteiger partial charge in [0.25, 0.3) is 0 Å². The van der Waals surface area contributed by atoms with Crippen LogP contribution in [0.25, 0.3) is 0 Å². The lowest BCUT2D eigenvalue weighted by molar-refractivity contribution is -0.133. The minimum Gasteiger partial charge on any atom is -0.497 e. The fourth-order valence-corrected chi connectivity index (χ4v) is 1.60. The smallest absolute Gasteiger partial charge is 0.315 e. The van der Waals surface area contributed by atoms with Crippen LogP contribution in [0.1, 0.15) is 5.56 Å². The van der Waals surface area contributed by atoms with Crippen molar-refractivity contribution in [1.82, 2.24) is 4.98 Å². The Bertz CT molecular complexity index is 653. The molecule has 0 aliphatic carbocycles. The molecule has 0 radical (unpaired) electrons. The van der Waals surface area contributed by atoms with E-state index in [1.54, 1.807) is 42.6 Å². The number of ether oxygens (including phenoxy) is 1. The summed E-state index contributed by atoms with van der Waals surface area (Å²) in [4.78, 5) is 27.6. The van der Waals surface area contributed by atoms with E-state index in [1.807, 2.05) is 6.92 Å². The number of nitrogens with zero attached hydrogens (tertiary/aromatic N) is 1. The highest BCUT2D eigenvalue weighted by Crippen LogP contribution is 2.16. The Morgan fingerprint density at radius 1 is 1.10 bits per heavy atom. The van der Waals surface area contributed by atoms with Crippen LogP contribution in [0.4, 0.5) is 11.5 Å². The number of benzene rings is 1. The Labute approximate surface area is 122 Å². The van der Waals surface area contributed by atoms with E-state index in [0.717, 1.165) is 5.56 Å². The van der Waals surface area contributed by atoms with Crippen molar-refractivity contribution in [2.75, 3.05) is 17.7 Å². The van der Waals surface area contributed by atoms with Gasteiger partial charge < -0.3 is 15.4 Å². The summed E-state index contributed by atoms with van der Waals surface area (Å²) >= 11 is 0. The van der Waals surface area contributed by atoms with Gasteiger partial charge in [-0.2, -0.15) is 0 Å². The molecule has 0 saturated carbocycles. The number of carbonyl (C=O) groups excluding carboxylic acids is 2. The lowest BCUT2D eigenvalue weighted by Gasteiger charge is -2.07. The minimum atomic E-state index is -0.783. The summed E-state index contributed by atoms with van der Waals surface area (Å²) in [5, 5.41) is 4.91. The SMILES string of the molecule is COc1cccc(NC(=O)C(=O)Nc2ccc(C)cn2)c1. The molecule has 2 amide bonds. The molecule has 108 valence electrons. The molecule has 6 nitrogen and oxygen atoms in total. The van der Waals surface area contributed by atoms with Crippen molar-refractivity contribution in [3.8, 4) is 5.75 Å². The molecule has 1 heterocycles. The van der Waals surface area contributed by atoms with Gasteiger partial charge in [-0.3, -0.25) is 9.59 Å². The van der Waals surface area contributed by atoms with Crippen molar-refractivity contribution >= 4 is 23.3 Å². The highest BCUT2D eigenvalue weighted by atomic mass is 16.5. The maximum absolute atomic E-state index is 11.8. The molecule has 0 aliphatic heterocycles. The van der Waals surface area contributed by atoms with E-state index in [1.165, 1.54) is 7.11 Å². The van der Waals surface area contributed by atoms with Crippen LogP contribution < -0.4 is 15.4 Å². The van der Waals surface area contributed by atoms with Gasteiger partial charge in [0.05, 0.1) is 7.11 Å². The average molecular weight is 285 g/mol. The van der Waals surface area contributed by atoms with Gasteiger partial charge in [-0.15, -0.1) is 0 Å². The lowest BCUT2D eigenvalue weighted by atomic mass is 10.3. The van der Waals surface area contributed by atoms with E-state index in [-0.39, 0.29) is 0 Å². The number of rotatable bonds is 3. The number of nitrogens with one attached hydrogen (secondary N) is 2. The van der Waals surface area contributed by atoms with E-state index < -0.39 is 11.8 Å². The number of hydrogen-bond acceptors (Lipinski definition) is 4. The number of aryl methyl sites for hydroxylation is 1. The van der Waals surface area contributed by atoms with Crippen molar-refractivity contribution in [3.63, 3.8) is 0 Å². The molecule has 2 rings (SSSR count). The Balaban J connectivity index is 1.99. The predicted octanol–water partition coefficient (Wildman–Crippen LogP) is 1.98. The van der Waals surface area contributed by atoms with Crippen LogP contribution in [-0.2, 0) is 9.59 Å². The second-order valence-electron chi connectivity index (χ2n) is 4.36. The maximum Gasteiger partial charge on any atom is 0.315 e. The number of amides is 2. The van der Waals surface area contributed by atoms with Crippen LogP contribution in [0.15, 0.2) is 42.6 Å². The van der Waals surface area contributed by atoms with Gasteiger partial charge in [0.1, 0.15) is 11.6 Å². The fraction of sp³-hybridized carbons (Fsp3) is 0.133. The summed E-state index contributed by atoms with van der Waals surface area (Å²) in [6.45, 7) is 1.88. The number of anilines is 2. The molecular formula is C15H15N3O3. The Kier molecular flexibility index (Phi) is 4.50. The molecule has 2 aromatic rings. The van der Waals surface area contributed by atoms with Crippen molar-refractivity contribution in [2.45, 2.75) is 6.92 Å². The van der Waals surface area contributed by atoms with Gasteiger partial charge >= 0.3 is 11.8 Å². The standard InChI is InChI=1S/C15H15N3O3/c1-10-6-7-13(16-9-10)18-15(20)14(19)17-11-4-3-5-12(8-11)21-2/h3-9H,1-2H3,(H,17,19)(H,16,18,20). The van der Waals surface area contributed by atoms with Crippen LogP contribution in [0.3, 0.4) is 0 Å². The third-order valence-electron chi connectivity index (χ3n) is 2.69. The van der Waals surface area contributed by atoms with Crippen LogP contribution in [0, 0.1) is 6.92 Å². The molecule has 0 saturated heterocycles. The largest absolute Gasteiger partial charge is 0.497 e. The van der Waals surface area contributed by atoms with Crippen LogP contribution in [0.2, 0.25) is 0 Å². The van der Waals surface area contributed by atoms with E-state index in [9.17, 15) is 9.59 Å². The van der Waals surface area contributed by atoms with Crippen molar-refractivity contribution in [1.29, 1.82) is 0 Å². The van der Waals surface area contributed by atoms with Gasteiger partial charge in [0, 0.05) is 18.0 Å². The predicted molar refractivity (Wildman–Crippen MR) is 79.2 cm³/mol. The molecule has 1 aromatic carbocycles. The number of carbonyl (C=O) groups is 2. The summed E-state index contributed by atoms with van der Waals surface area (Å²) < 4.78 is 5.04. The third kappa shape index (κ3) is 4.04. The first-order valence-electron chi connectivity index (χ1n) is 6.27. The first-order valence-corrected chi connectivity index (χ1v) is 6.27. The topological polar surface area (TPSA) is 80.3 Å². The van der Waals surface area contributed by atoms with Gasteiger partial charge in [-0.25, -0.2) is 4.98 Å². The van der Waals surface area contributed by atoms with Crippen LogP contribution in [-0.4, -0.2) is 23.9 Å². The van der Waals surface area contributed by atoms with E-state index in [4.69, 9.17) is 4.74 Å². The second-order valence-corrected chi connectivity index (χ2v) is 4.36. The summed E-state index contributed by atoms with van der Waals surface area (Å²) in [6.07, 6.45) is 1.61. The summed E-state index contributed by atoms with van der Waals surface area (Å²) in [7, 11) is 1.52. The zero-order chi connectivity index (χ0) is 15.2. The first kappa shape index (κ1) is 14.5. The lowest BCUT2D eigenvalue weighted by Crippen LogP contribution is -2.29. The summed E-state index contributed by atoms with van der Waals surface area (Å²) in [6, 6.07) is 10.2. The van der Waals surface area contributed by atoms with E-state index in [2.05, 4.69) is 15.6 Å². The number of hydrogen-bond donors (Lipinski definition) is 2. The van der Waals surface area contributed by atoms with Crippen LogP contribution in [0.5, 0.6) is 5.75 Å². The highest BCUT2D eigenvalue weighted by Gasteiger charge is 2.14. The molecule has 1 aromatic heterocycles. The summed E-state index contributed by atoms with van der Waals surface area (Å²) in [5.41, 5.74) is 1.44. The molecule has 6 heteroatoms. The third-order valence-corrected chi connectivity index (χ3v) is 2.69. The van der Waals surface area contributed by atoms with E-state index in [0.29, 0.717) is 17.3 Å². The molecule has 0 aliphatic rings. The minimum absolute atomic E-state index is 0.325. The quantitative estimate of drug-likeness (QED) is 0.845. The number of methoxy groups -OCH3 is 1. The van der Waals surface area contributed by atoms with Gasteiger partial charge in [-0.1, -0.05) is 12.1 Å². The van der Waals surface area contributed by atoms with Crippen LogP contribution >= 0.6 is 0 Å². The Morgan fingerprint density at radius 3 is 2.52 bits per heavy atom. The molecular weight excluding hydrogens is 270 g/mol. The Morgan fingerprint density at radius 2 is 1.86 bits per heavy atom. The van der Waals surface area contributed by atoms with Crippen molar-refractivity contribution in [3.05, 3.63) is 48.2 Å². The monoisotopic (exact) mass is 285 g/mol. The van der Waals surface area contributed by atoms with Gasteiger partial charge in [0.15, 0.2) is 0 Å². The Hall–Kier alpha value is -2.89. The molecule has 2 N–H and O–H groups in total. The first-order chi connectivity index (χ1) is 10.1. The fourth-order valence-electron chi connectivity index (χ4n) is 1.60. The van der Waals surface area contributed by atoms with Gasteiger partial charge in [0.2, 0.25) is 0 Å². The second kappa shape index (κ2) is 6.51. The maximum atomic E-state index is 11.8. The molecule has 21 heavy (non-hydrogen) atoms. The summed E-state index contributed by atoms with van der Waals surface area (Å²) in [5.74, 6) is -0.639. The molecule has 0 atom stereocenters. The highest BCUT2D eigenvalue weighted by molar-refractivity contribution is 6.43. The van der Waals surface area contributed by atoms with E-state index >= 15 is 0 Å². The zero-order valence-electron chi connectivity index (χ0n) is 11.7. The molecule has 0 unspecified atom stereocenters. The van der Waals surface area contributed by atoms with Gasteiger partial charge in [-0.05, 0) is 30.7 Å². The molecule has 0 spiro atoms. The van der Waals surface area contributed by atoms with Crippen molar-refractivity contribution in [2.24, 2.45) is 0 Å². The average Bonchev–Trinajstić information content (AvgIpc) is 2.49. The number of pyridine rings is 1. The zero-order valence-corrected chi connectivity index (χ0v) is 11.7. The number of aromatic nitrogens is 1. The normalized spacial score (nSPS) is 9.81. The van der Waals surface area contributed by atoms with Crippen molar-refractivity contribution < 1.29 is 14.3 Å². The molecule has 0 bridgehead atoms.